The van der Waals surface area contributed by atoms with Crippen LogP contribution in [0.25, 0.3) is 0 Å². The summed E-state index contributed by atoms with van der Waals surface area (Å²) in [5.74, 6) is 0.163. The Morgan fingerprint density at radius 3 is 2.88 bits per heavy atom. The Kier molecular flexibility index (Phi) is 2.69. The van der Waals surface area contributed by atoms with Gasteiger partial charge in [0.25, 0.3) is 0 Å². The fraction of sp³-hybridized carbons (Fsp3) is 0.357. The molecule has 17 heavy (non-hydrogen) atoms. The lowest BCUT2D eigenvalue weighted by Gasteiger charge is -2.27. The molecule has 3 heteroatoms. The van der Waals surface area contributed by atoms with Gasteiger partial charge >= 0.3 is 0 Å². The number of nitrogens with one attached hydrogen (secondary N) is 1. The smallest absolute Gasteiger partial charge is 0.228 e. The number of nitrogens with zero attached hydrogens (tertiary/aromatic N) is 1. The molecule has 1 aromatic carbocycles. The Labute approximate surface area is 101 Å². The van der Waals surface area contributed by atoms with Crippen LogP contribution in [0.4, 0.5) is 0 Å². The first kappa shape index (κ1) is 10.5. The second-order valence-corrected chi connectivity index (χ2v) is 4.75. The van der Waals surface area contributed by atoms with Gasteiger partial charge in [0.2, 0.25) is 5.91 Å². The monoisotopic (exact) mass is 228 g/mol. The molecule has 0 radical (unpaired) electrons. The molecule has 2 aliphatic rings. The van der Waals surface area contributed by atoms with E-state index in [-0.39, 0.29) is 5.91 Å². The van der Waals surface area contributed by atoms with E-state index in [9.17, 15) is 4.79 Å². The topological polar surface area (TPSA) is 32.3 Å². The van der Waals surface area contributed by atoms with Crippen LogP contribution in [-0.4, -0.2) is 23.9 Å². The van der Waals surface area contributed by atoms with Crippen LogP contribution in [0.5, 0.6) is 0 Å². The predicted molar refractivity (Wildman–Crippen MR) is 66.1 cm³/mol. The molecule has 0 aliphatic carbocycles. The number of benzene rings is 1. The molecule has 88 valence electrons. The van der Waals surface area contributed by atoms with Crippen LogP contribution in [0.3, 0.4) is 0 Å². The quantitative estimate of drug-likeness (QED) is 0.835. The zero-order valence-electron chi connectivity index (χ0n) is 9.78. The van der Waals surface area contributed by atoms with Gasteiger partial charge < -0.3 is 5.32 Å². The highest BCUT2D eigenvalue weighted by Gasteiger charge is 2.26. The molecule has 0 fully saturated rings. The second-order valence-electron chi connectivity index (χ2n) is 4.75. The van der Waals surface area contributed by atoms with E-state index in [0.29, 0.717) is 6.42 Å². The molecule has 1 amide bonds. The molecule has 2 aliphatic heterocycles. The highest BCUT2D eigenvalue weighted by molar-refractivity contribution is 5.84. The molecule has 1 N–H and O–H groups in total. The number of carbonyl (C=O) groups is 1. The normalized spacial score (nSPS) is 20.4. The van der Waals surface area contributed by atoms with Gasteiger partial charge in [0, 0.05) is 31.8 Å². The maximum Gasteiger partial charge on any atom is 0.228 e. The van der Waals surface area contributed by atoms with Crippen molar-refractivity contribution >= 4 is 5.91 Å². The van der Waals surface area contributed by atoms with Gasteiger partial charge in [-0.1, -0.05) is 30.3 Å². The Hall–Kier alpha value is -1.61. The summed E-state index contributed by atoms with van der Waals surface area (Å²) < 4.78 is 0. The Morgan fingerprint density at radius 2 is 2.06 bits per heavy atom. The summed E-state index contributed by atoms with van der Waals surface area (Å²) in [7, 11) is 0. The summed E-state index contributed by atoms with van der Waals surface area (Å²) in [5, 5.41) is 2.97. The van der Waals surface area contributed by atoms with Crippen molar-refractivity contribution in [3.05, 3.63) is 47.2 Å². The van der Waals surface area contributed by atoms with Crippen molar-refractivity contribution in [2.75, 3.05) is 13.1 Å². The standard InChI is InChI=1S/C14H16N2O/c17-14-8-12-6-7-16(10-13(12)15-14)9-11-4-2-1-3-5-11/h1-5H,6-10H2,(H,15,17). The van der Waals surface area contributed by atoms with Crippen LogP contribution in [0, 0.1) is 0 Å². The van der Waals surface area contributed by atoms with E-state index in [0.717, 1.165) is 31.8 Å². The minimum Gasteiger partial charge on any atom is -0.328 e. The summed E-state index contributed by atoms with van der Waals surface area (Å²) in [6, 6.07) is 10.5. The van der Waals surface area contributed by atoms with E-state index < -0.39 is 0 Å². The number of rotatable bonds is 2. The van der Waals surface area contributed by atoms with Crippen molar-refractivity contribution in [3.8, 4) is 0 Å². The van der Waals surface area contributed by atoms with Crippen molar-refractivity contribution in [3.63, 3.8) is 0 Å². The molecule has 0 saturated carbocycles. The SMILES string of the molecule is O=C1CC2=C(CN(Cc3ccccc3)CC2)N1. The molecule has 0 aromatic heterocycles. The van der Waals surface area contributed by atoms with Gasteiger partial charge in [-0.3, -0.25) is 9.69 Å². The molecule has 0 unspecified atom stereocenters. The summed E-state index contributed by atoms with van der Waals surface area (Å²) in [4.78, 5) is 13.7. The van der Waals surface area contributed by atoms with Crippen LogP contribution in [0.1, 0.15) is 18.4 Å². The molecular formula is C14H16N2O. The van der Waals surface area contributed by atoms with E-state index >= 15 is 0 Å². The molecular weight excluding hydrogens is 212 g/mol. The highest BCUT2D eigenvalue weighted by atomic mass is 16.1. The Bertz CT molecular complexity index is 464. The van der Waals surface area contributed by atoms with Gasteiger partial charge in [-0.05, 0) is 17.6 Å². The lowest BCUT2D eigenvalue weighted by Crippen LogP contribution is -2.33. The minimum atomic E-state index is 0.163. The molecule has 0 bridgehead atoms. The van der Waals surface area contributed by atoms with E-state index in [1.54, 1.807) is 0 Å². The fourth-order valence-electron chi connectivity index (χ4n) is 2.56. The first-order valence-corrected chi connectivity index (χ1v) is 6.08. The van der Waals surface area contributed by atoms with Crippen molar-refractivity contribution in [1.29, 1.82) is 0 Å². The third-order valence-corrected chi connectivity index (χ3v) is 3.45. The lowest BCUT2D eigenvalue weighted by molar-refractivity contribution is -0.118. The summed E-state index contributed by atoms with van der Waals surface area (Å²) in [6.45, 7) is 2.91. The van der Waals surface area contributed by atoms with Crippen LogP contribution in [0.15, 0.2) is 41.6 Å². The van der Waals surface area contributed by atoms with Crippen LogP contribution in [0.2, 0.25) is 0 Å². The number of amides is 1. The number of hydrogen-bond acceptors (Lipinski definition) is 2. The van der Waals surface area contributed by atoms with E-state index in [1.165, 1.54) is 11.1 Å². The average molecular weight is 228 g/mol. The molecule has 2 heterocycles. The first-order valence-electron chi connectivity index (χ1n) is 6.08. The van der Waals surface area contributed by atoms with Crippen molar-refractivity contribution in [1.82, 2.24) is 10.2 Å². The summed E-state index contributed by atoms with van der Waals surface area (Å²) >= 11 is 0. The van der Waals surface area contributed by atoms with Crippen molar-refractivity contribution in [2.24, 2.45) is 0 Å². The Morgan fingerprint density at radius 1 is 1.24 bits per heavy atom. The predicted octanol–water partition coefficient (Wildman–Crippen LogP) is 1.67. The molecule has 1 aromatic rings. The van der Waals surface area contributed by atoms with Gasteiger partial charge in [0.05, 0.1) is 0 Å². The van der Waals surface area contributed by atoms with Crippen molar-refractivity contribution in [2.45, 2.75) is 19.4 Å². The maximum atomic E-state index is 11.3. The van der Waals surface area contributed by atoms with Gasteiger partial charge in [-0.2, -0.15) is 0 Å². The van der Waals surface area contributed by atoms with E-state index in [1.807, 2.05) is 6.07 Å². The number of carbonyl (C=O) groups excluding carboxylic acids is 1. The fourth-order valence-corrected chi connectivity index (χ4v) is 2.56. The van der Waals surface area contributed by atoms with Gasteiger partial charge in [0.1, 0.15) is 0 Å². The van der Waals surface area contributed by atoms with Gasteiger partial charge in [0.15, 0.2) is 0 Å². The third kappa shape index (κ3) is 2.24. The third-order valence-electron chi connectivity index (χ3n) is 3.45. The highest BCUT2D eigenvalue weighted by Crippen LogP contribution is 2.24. The minimum absolute atomic E-state index is 0.163. The lowest BCUT2D eigenvalue weighted by atomic mass is 10.0. The van der Waals surface area contributed by atoms with Crippen LogP contribution < -0.4 is 5.32 Å². The second kappa shape index (κ2) is 4.34. The molecule has 0 atom stereocenters. The molecule has 3 rings (SSSR count). The zero-order valence-corrected chi connectivity index (χ0v) is 9.78. The molecule has 3 nitrogen and oxygen atoms in total. The molecule has 0 saturated heterocycles. The van der Waals surface area contributed by atoms with E-state index in [2.05, 4.69) is 34.5 Å². The zero-order chi connectivity index (χ0) is 11.7. The Balaban J connectivity index is 1.66. The number of hydrogen-bond donors (Lipinski definition) is 1. The largest absolute Gasteiger partial charge is 0.328 e. The first-order chi connectivity index (χ1) is 8.31. The summed E-state index contributed by atoms with van der Waals surface area (Å²) in [5.41, 5.74) is 3.80. The maximum absolute atomic E-state index is 11.3. The van der Waals surface area contributed by atoms with Crippen LogP contribution in [-0.2, 0) is 11.3 Å². The van der Waals surface area contributed by atoms with Crippen LogP contribution >= 0.6 is 0 Å². The molecule has 0 spiro atoms. The van der Waals surface area contributed by atoms with Crippen molar-refractivity contribution < 1.29 is 4.79 Å². The van der Waals surface area contributed by atoms with Gasteiger partial charge in [-0.15, -0.1) is 0 Å². The summed E-state index contributed by atoms with van der Waals surface area (Å²) in [6.07, 6.45) is 1.65. The van der Waals surface area contributed by atoms with Gasteiger partial charge in [-0.25, -0.2) is 0 Å². The van der Waals surface area contributed by atoms with E-state index in [4.69, 9.17) is 0 Å². The average Bonchev–Trinajstić information content (AvgIpc) is 2.70.